The van der Waals surface area contributed by atoms with E-state index in [1.54, 1.807) is 13.8 Å². The summed E-state index contributed by atoms with van der Waals surface area (Å²) in [5.74, 6) is 3.01. The minimum absolute atomic E-state index is 0.275. The molecule has 8 unspecified atom stereocenters. The average molecular weight is 609 g/mol. The first-order valence-corrected chi connectivity index (χ1v) is 19.0. The monoisotopic (exact) mass is 608 g/mol. The number of rotatable bonds is 12. The molecule has 0 aromatic carbocycles. The minimum Gasteiger partial charge on any atom is -0.461 e. The van der Waals surface area contributed by atoms with Gasteiger partial charge in [0.05, 0.1) is 9.16 Å². The van der Waals surface area contributed by atoms with E-state index in [1.807, 2.05) is 47.0 Å². The van der Waals surface area contributed by atoms with E-state index in [9.17, 15) is 9.59 Å². The zero-order valence-electron chi connectivity index (χ0n) is 21.8. The van der Waals surface area contributed by atoms with Gasteiger partial charge in [0.15, 0.2) is 0 Å². The molecule has 1 aliphatic carbocycles. The van der Waals surface area contributed by atoms with Crippen molar-refractivity contribution in [1.29, 1.82) is 0 Å². The molecule has 10 heteroatoms. The highest BCUT2D eigenvalue weighted by Gasteiger charge is 2.42. The summed E-state index contributed by atoms with van der Waals surface area (Å²) >= 11 is 12.2. The van der Waals surface area contributed by atoms with Crippen LogP contribution >= 0.6 is 70.6 Å². The van der Waals surface area contributed by atoms with E-state index >= 15 is 0 Å². The molecule has 0 spiro atoms. The molecule has 0 radical (unpaired) electrons. The van der Waals surface area contributed by atoms with Gasteiger partial charge in [0.25, 0.3) is 0 Å². The number of carbonyl (C=O) groups is 2. The van der Waals surface area contributed by atoms with Gasteiger partial charge in [-0.1, -0.05) is 19.6 Å². The Labute approximate surface area is 243 Å². The van der Waals surface area contributed by atoms with Crippen LogP contribution in [-0.2, 0) is 19.1 Å². The summed E-state index contributed by atoms with van der Waals surface area (Å²) in [7, 11) is 0. The fourth-order valence-corrected chi connectivity index (χ4v) is 15.6. The highest BCUT2D eigenvalue weighted by atomic mass is 32.2. The van der Waals surface area contributed by atoms with E-state index in [1.165, 1.54) is 25.7 Å². The molecule has 1 saturated carbocycles. The number of hydrogen-bond acceptors (Lipinski definition) is 10. The van der Waals surface area contributed by atoms with Crippen LogP contribution in [0.1, 0.15) is 39.5 Å². The van der Waals surface area contributed by atoms with Gasteiger partial charge in [-0.2, -0.15) is 23.5 Å². The van der Waals surface area contributed by atoms with Gasteiger partial charge >= 0.3 is 11.9 Å². The Morgan fingerprint density at radius 1 is 0.833 bits per heavy atom. The zero-order chi connectivity index (χ0) is 26.2. The first kappa shape index (κ1) is 31.1. The first-order valence-electron chi connectivity index (χ1n) is 12.5. The number of thioether (sulfide) groups is 6. The molecule has 0 aromatic rings. The summed E-state index contributed by atoms with van der Waals surface area (Å²) in [5, 5.41) is 2.01. The molecule has 3 aliphatic rings. The molecule has 3 rings (SSSR count). The van der Waals surface area contributed by atoms with Gasteiger partial charge in [0.1, 0.15) is 13.2 Å². The van der Waals surface area contributed by atoms with E-state index in [2.05, 4.69) is 49.2 Å². The second-order valence-corrected chi connectivity index (χ2v) is 17.6. The van der Waals surface area contributed by atoms with Crippen LogP contribution in [-0.4, -0.2) is 79.3 Å². The molecule has 0 N–H and O–H groups in total. The van der Waals surface area contributed by atoms with Gasteiger partial charge in [-0.05, 0) is 57.5 Å². The third-order valence-electron chi connectivity index (χ3n) is 6.81. The van der Waals surface area contributed by atoms with Crippen LogP contribution in [0.5, 0.6) is 0 Å². The largest absolute Gasteiger partial charge is 0.461 e. The van der Waals surface area contributed by atoms with E-state index in [-0.39, 0.29) is 11.9 Å². The van der Waals surface area contributed by atoms with Gasteiger partial charge in [-0.25, -0.2) is 9.59 Å². The van der Waals surface area contributed by atoms with Crippen LogP contribution in [0.3, 0.4) is 0 Å². The Morgan fingerprint density at radius 2 is 1.25 bits per heavy atom. The van der Waals surface area contributed by atoms with Crippen LogP contribution in [0.25, 0.3) is 0 Å². The number of hydrogen-bond donors (Lipinski definition) is 0. The standard InChI is InChI=1S/C26H40O4S6/c1-15(2)23(27)29-11-19-13-33-25(35-19)21(31-5)17-8-7-9-18(10-17)22(32-6)26-34-14-20(36-26)12-30-24(28)16(3)4/h17-22,25-26H,1,3,7-14H2,2,4-6H3. The normalized spacial score (nSPS) is 32.0. The van der Waals surface area contributed by atoms with E-state index in [0.29, 0.717) is 54.5 Å². The Hall–Kier alpha value is 0.520. The van der Waals surface area contributed by atoms with Crippen molar-refractivity contribution >= 4 is 82.5 Å². The van der Waals surface area contributed by atoms with Crippen molar-refractivity contribution < 1.29 is 19.1 Å². The highest BCUT2D eigenvalue weighted by Crippen LogP contribution is 2.52. The molecule has 2 heterocycles. The van der Waals surface area contributed by atoms with Crippen LogP contribution in [0, 0.1) is 11.8 Å². The van der Waals surface area contributed by atoms with Gasteiger partial charge in [-0.3, -0.25) is 0 Å². The van der Waals surface area contributed by atoms with Gasteiger partial charge in [0.2, 0.25) is 0 Å². The summed E-state index contributed by atoms with van der Waals surface area (Å²) < 4.78 is 12.0. The van der Waals surface area contributed by atoms with Gasteiger partial charge in [0, 0.05) is 43.7 Å². The van der Waals surface area contributed by atoms with Crippen molar-refractivity contribution in [1.82, 2.24) is 0 Å². The maximum atomic E-state index is 11.8. The van der Waals surface area contributed by atoms with Crippen molar-refractivity contribution in [2.24, 2.45) is 11.8 Å². The van der Waals surface area contributed by atoms with Crippen LogP contribution < -0.4 is 0 Å². The lowest BCUT2D eigenvalue weighted by Gasteiger charge is -2.40. The van der Waals surface area contributed by atoms with E-state index in [0.717, 1.165) is 23.3 Å². The van der Waals surface area contributed by atoms with Crippen molar-refractivity contribution in [2.45, 2.75) is 69.7 Å². The Kier molecular flexibility index (Phi) is 13.2. The fraction of sp³-hybridized carbons (Fsp3) is 0.769. The third-order valence-corrected chi connectivity index (χ3v) is 16.7. The van der Waals surface area contributed by atoms with Crippen LogP contribution in [0.15, 0.2) is 24.3 Å². The molecule has 204 valence electrons. The fourth-order valence-electron chi connectivity index (χ4n) is 4.96. The highest BCUT2D eigenvalue weighted by molar-refractivity contribution is 8.22. The lowest BCUT2D eigenvalue weighted by Crippen LogP contribution is -2.35. The maximum Gasteiger partial charge on any atom is 0.333 e. The lowest BCUT2D eigenvalue weighted by molar-refractivity contribution is -0.139. The van der Waals surface area contributed by atoms with Crippen molar-refractivity contribution in [3.8, 4) is 0 Å². The summed E-state index contributed by atoms with van der Waals surface area (Å²) in [6.07, 6.45) is 9.80. The smallest absolute Gasteiger partial charge is 0.333 e. The average Bonchev–Trinajstić information content (AvgIpc) is 3.52. The molecule has 3 fully saturated rings. The number of ether oxygens (including phenoxy) is 2. The zero-order valence-corrected chi connectivity index (χ0v) is 26.7. The second-order valence-electron chi connectivity index (χ2n) is 9.76. The van der Waals surface area contributed by atoms with E-state index < -0.39 is 0 Å². The van der Waals surface area contributed by atoms with E-state index in [4.69, 9.17) is 9.47 Å². The topological polar surface area (TPSA) is 52.6 Å². The van der Waals surface area contributed by atoms with Crippen LogP contribution in [0.4, 0.5) is 0 Å². The van der Waals surface area contributed by atoms with Gasteiger partial charge in [-0.15, -0.1) is 47.0 Å². The third kappa shape index (κ3) is 8.77. The number of carbonyl (C=O) groups excluding carboxylic acids is 2. The van der Waals surface area contributed by atoms with Crippen molar-refractivity contribution in [3.05, 3.63) is 24.3 Å². The van der Waals surface area contributed by atoms with Crippen LogP contribution in [0.2, 0.25) is 0 Å². The molecule has 2 aliphatic heterocycles. The predicted octanol–water partition coefficient (Wildman–Crippen LogP) is 6.84. The molecular weight excluding hydrogens is 569 g/mol. The molecular formula is C26H40O4S6. The minimum atomic E-state index is -0.275. The van der Waals surface area contributed by atoms with Crippen molar-refractivity contribution in [2.75, 3.05) is 37.2 Å². The maximum absolute atomic E-state index is 11.8. The molecule has 36 heavy (non-hydrogen) atoms. The predicted molar refractivity (Wildman–Crippen MR) is 167 cm³/mol. The quantitative estimate of drug-likeness (QED) is 0.174. The van der Waals surface area contributed by atoms with Crippen molar-refractivity contribution in [3.63, 3.8) is 0 Å². The molecule has 0 aromatic heterocycles. The Bertz CT molecular complexity index is 730. The number of esters is 2. The Balaban J connectivity index is 1.51. The molecule has 0 bridgehead atoms. The summed E-state index contributed by atoms with van der Waals surface area (Å²) in [4.78, 5) is 23.6. The second kappa shape index (κ2) is 15.3. The lowest BCUT2D eigenvalue weighted by atomic mass is 9.78. The Morgan fingerprint density at radius 3 is 1.61 bits per heavy atom. The molecule has 4 nitrogen and oxygen atoms in total. The summed E-state index contributed by atoms with van der Waals surface area (Å²) in [5.41, 5.74) is 0.942. The summed E-state index contributed by atoms with van der Waals surface area (Å²) in [6, 6.07) is 0. The SMILES string of the molecule is C=C(C)C(=O)OCC1CSC(C(SC)C2CCCC(C(SC)C3SCC(COC(=O)C(=C)C)S3)C2)S1. The van der Waals surface area contributed by atoms with Gasteiger partial charge < -0.3 is 9.47 Å². The molecule has 0 amide bonds. The molecule has 2 saturated heterocycles. The molecule has 8 atom stereocenters. The first-order chi connectivity index (χ1) is 17.2. The summed E-state index contributed by atoms with van der Waals surface area (Å²) in [6.45, 7) is 11.7.